The molecule has 6 N–H and O–H groups in total. The number of hydrogen-bond acceptors (Lipinski definition) is 4. The fraction of sp³-hybridized carbons (Fsp3) is 0.643. The Morgan fingerprint density at radius 1 is 1.33 bits per heavy atom. The van der Waals surface area contributed by atoms with Crippen molar-refractivity contribution in [1.82, 2.24) is 15.5 Å². The number of amides is 2. The highest BCUT2D eigenvalue weighted by Gasteiger charge is 2.27. The van der Waals surface area contributed by atoms with Crippen molar-refractivity contribution in [2.24, 2.45) is 11.7 Å². The minimum Gasteiger partial charge on any atom is -0.395 e. The van der Waals surface area contributed by atoms with E-state index in [-0.39, 0.29) is 29.5 Å². The zero-order chi connectivity index (χ0) is 15.4. The van der Waals surface area contributed by atoms with E-state index in [0.717, 1.165) is 44.2 Å². The summed E-state index contributed by atoms with van der Waals surface area (Å²) < 4.78 is 0. The zero-order valence-electron chi connectivity index (χ0n) is 12.3. The minimum atomic E-state index is -0.256. The van der Waals surface area contributed by atoms with Crippen LogP contribution in [-0.4, -0.2) is 28.1 Å². The van der Waals surface area contributed by atoms with E-state index in [2.05, 4.69) is 15.5 Å². The van der Waals surface area contributed by atoms with Gasteiger partial charge >= 0.3 is 0 Å². The number of hydrogen-bond donors (Lipinski definition) is 4. The number of primary amides is 1. The molecule has 1 heterocycles. The van der Waals surface area contributed by atoms with Crippen molar-refractivity contribution in [3.63, 3.8) is 0 Å². The largest absolute Gasteiger partial charge is 0.395 e. The number of nitrogens with zero attached hydrogens (tertiary/aromatic N) is 1. The molecule has 1 fully saturated rings. The molecule has 0 aromatic carbocycles. The van der Waals surface area contributed by atoms with E-state index < -0.39 is 0 Å². The van der Waals surface area contributed by atoms with Gasteiger partial charge in [-0.3, -0.25) is 14.7 Å². The lowest BCUT2D eigenvalue weighted by Gasteiger charge is -2.27. The van der Waals surface area contributed by atoms with E-state index in [9.17, 15) is 9.59 Å². The average Bonchev–Trinajstić information content (AvgIpc) is 2.81. The molecule has 1 aromatic rings. The number of carbonyl (C=O) groups is 2. The van der Waals surface area contributed by atoms with Crippen molar-refractivity contribution < 1.29 is 9.59 Å². The molecule has 2 rings (SSSR count). The number of nitrogens with one attached hydrogen (secondary N) is 2. The second kappa shape index (κ2) is 6.60. The van der Waals surface area contributed by atoms with Crippen LogP contribution in [0.15, 0.2) is 0 Å². The first-order valence-electron chi connectivity index (χ1n) is 7.45. The lowest BCUT2D eigenvalue weighted by Crippen LogP contribution is -2.40. The molecule has 116 valence electrons. The van der Waals surface area contributed by atoms with E-state index in [1.54, 1.807) is 0 Å². The maximum Gasteiger partial charge on any atom is 0.274 e. The summed E-state index contributed by atoms with van der Waals surface area (Å²) >= 11 is 0. The molecule has 0 saturated heterocycles. The summed E-state index contributed by atoms with van der Waals surface area (Å²) in [5.74, 6) is -0.570. The van der Waals surface area contributed by atoms with Gasteiger partial charge in [0.05, 0.1) is 11.4 Å². The number of carbonyl (C=O) groups excluding carboxylic acids is 2. The number of H-pyrrole nitrogens is 1. The first-order chi connectivity index (χ1) is 10.0. The van der Waals surface area contributed by atoms with Crippen molar-refractivity contribution in [3.05, 3.63) is 11.4 Å². The molecule has 1 aliphatic carbocycles. The van der Waals surface area contributed by atoms with Gasteiger partial charge in [-0.1, -0.05) is 13.3 Å². The zero-order valence-corrected chi connectivity index (χ0v) is 12.3. The molecule has 0 radical (unpaired) electrons. The molecular formula is C14H23N5O2. The van der Waals surface area contributed by atoms with E-state index in [0.29, 0.717) is 5.69 Å². The SMILES string of the molecule is CCCc1[nH]nc(C(=O)NC2CCC(C(N)=O)CC2)c1N. The van der Waals surface area contributed by atoms with Crippen LogP contribution in [0.25, 0.3) is 0 Å². The van der Waals surface area contributed by atoms with Crippen LogP contribution in [0.3, 0.4) is 0 Å². The van der Waals surface area contributed by atoms with E-state index in [1.165, 1.54) is 0 Å². The van der Waals surface area contributed by atoms with Gasteiger partial charge in [-0.15, -0.1) is 0 Å². The monoisotopic (exact) mass is 293 g/mol. The second-order valence-electron chi connectivity index (χ2n) is 5.64. The summed E-state index contributed by atoms with van der Waals surface area (Å²) in [6, 6.07) is 0.0545. The second-order valence-corrected chi connectivity index (χ2v) is 5.64. The Bertz CT molecular complexity index is 517. The Balaban J connectivity index is 1.92. The third-order valence-electron chi connectivity index (χ3n) is 4.06. The van der Waals surface area contributed by atoms with Crippen LogP contribution in [-0.2, 0) is 11.2 Å². The number of nitrogens with two attached hydrogens (primary N) is 2. The third kappa shape index (κ3) is 3.53. The number of aromatic nitrogens is 2. The summed E-state index contributed by atoms with van der Waals surface area (Å²) in [7, 11) is 0. The smallest absolute Gasteiger partial charge is 0.274 e. The Hall–Kier alpha value is -2.05. The lowest BCUT2D eigenvalue weighted by atomic mass is 9.85. The standard InChI is InChI=1S/C14H23N5O2/c1-2-3-10-11(15)12(19-18-10)14(21)17-9-6-4-8(5-7-9)13(16)20/h8-9H,2-7,15H2,1H3,(H2,16,20)(H,17,21)(H,18,19). The molecule has 2 amide bonds. The summed E-state index contributed by atoms with van der Waals surface area (Å²) in [5.41, 5.74) is 12.7. The highest BCUT2D eigenvalue weighted by molar-refractivity contribution is 5.97. The first kappa shape index (κ1) is 15.3. The highest BCUT2D eigenvalue weighted by atomic mass is 16.2. The molecule has 1 aromatic heterocycles. The molecule has 1 saturated carbocycles. The van der Waals surface area contributed by atoms with Gasteiger partial charge < -0.3 is 16.8 Å². The summed E-state index contributed by atoms with van der Waals surface area (Å²) in [4.78, 5) is 23.3. The van der Waals surface area contributed by atoms with E-state index in [4.69, 9.17) is 11.5 Å². The normalized spacial score (nSPS) is 22.0. The van der Waals surface area contributed by atoms with Gasteiger partial charge in [-0.2, -0.15) is 5.10 Å². The van der Waals surface area contributed by atoms with Crippen molar-refractivity contribution in [3.8, 4) is 0 Å². The van der Waals surface area contributed by atoms with Crippen LogP contribution in [0.5, 0.6) is 0 Å². The Morgan fingerprint density at radius 3 is 2.57 bits per heavy atom. The molecular weight excluding hydrogens is 270 g/mol. The van der Waals surface area contributed by atoms with Gasteiger partial charge in [0.1, 0.15) is 0 Å². The fourth-order valence-electron chi connectivity index (χ4n) is 2.78. The topological polar surface area (TPSA) is 127 Å². The number of aryl methyl sites for hydroxylation is 1. The van der Waals surface area contributed by atoms with Crippen LogP contribution < -0.4 is 16.8 Å². The minimum absolute atomic E-state index is 0.0545. The molecule has 0 aliphatic heterocycles. The van der Waals surface area contributed by atoms with Gasteiger partial charge in [0.25, 0.3) is 5.91 Å². The van der Waals surface area contributed by atoms with Crippen LogP contribution in [0.1, 0.15) is 55.2 Å². The molecule has 7 nitrogen and oxygen atoms in total. The molecule has 21 heavy (non-hydrogen) atoms. The molecule has 7 heteroatoms. The number of aromatic amines is 1. The summed E-state index contributed by atoms with van der Waals surface area (Å²) in [5, 5.41) is 9.76. The quantitative estimate of drug-likeness (QED) is 0.637. The summed E-state index contributed by atoms with van der Waals surface area (Å²) in [6.45, 7) is 2.04. The van der Waals surface area contributed by atoms with Crippen molar-refractivity contribution in [2.45, 2.75) is 51.5 Å². The molecule has 0 atom stereocenters. The molecule has 0 bridgehead atoms. The number of rotatable bonds is 5. The van der Waals surface area contributed by atoms with Crippen LogP contribution in [0.4, 0.5) is 5.69 Å². The highest BCUT2D eigenvalue weighted by Crippen LogP contribution is 2.24. The first-order valence-corrected chi connectivity index (χ1v) is 7.45. The predicted molar refractivity (Wildman–Crippen MR) is 79.4 cm³/mol. The van der Waals surface area contributed by atoms with Crippen LogP contribution in [0, 0.1) is 5.92 Å². The van der Waals surface area contributed by atoms with E-state index >= 15 is 0 Å². The molecule has 0 spiro atoms. The molecule has 0 unspecified atom stereocenters. The summed E-state index contributed by atoms with van der Waals surface area (Å²) in [6.07, 6.45) is 4.66. The molecule has 1 aliphatic rings. The predicted octanol–water partition coefficient (Wildman–Crippen LogP) is 0.718. The van der Waals surface area contributed by atoms with Crippen molar-refractivity contribution in [1.29, 1.82) is 0 Å². The van der Waals surface area contributed by atoms with Gasteiger partial charge in [-0.25, -0.2) is 0 Å². The Morgan fingerprint density at radius 2 is 2.00 bits per heavy atom. The maximum atomic E-state index is 12.2. The van der Waals surface area contributed by atoms with Gasteiger partial charge in [0, 0.05) is 12.0 Å². The Labute approximate surface area is 123 Å². The van der Waals surface area contributed by atoms with Gasteiger partial charge in [0.2, 0.25) is 5.91 Å². The maximum absolute atomic E-state index is 12.2. The van der Waals surface area contributed by atoms with Gasteiger partial charge in [0.15, 0.2) is 5.69 Å². The van der Waals surface area contributed by atoms with Crippen molar-refractivity contribution in [2.75, 3.05) is 5.73 Å². The third-order valence-corrected chi connectivity index (χ3v) is 4.06. The van der Waals surface area contributed by atoms with Crippen molar-refractivity contribution >= 4 is 17.5 Å². The van der Waals surface area contributed by atoms with E-state index in [1.807, 2.05) is 6.92 Å². The van der Waals surface area contributed by atoms with Crippen LogP contribution >= 0.6 is 0 Å². The van der Waals surface area contributed by atoms with Crippen LogP contribution in [0.2, 0.25) is 0 Å². The lowest BCUT2D eigenvalue weighted by molar-refractivity contribution is -0.122. The Kier molecular flexibility index (Phi) is 4.82. The van der Waals surface area contributed by atoms with Gasteiger partial charge in [-0.05, 0) is 32.1 Å². The number of anilines is 1. The number of nitrogen functional groups attached to an aromatic ring is 1. The average molecular weight is 293 g/mol. The fourth-order valence-corrected chi connectivity index (χ4v) is 2.78.